The average molecular weight is 246 g/mol. The number of fused-ring (bicyclic) bond motifs is 1. The maximum atomic E-state index is 5.91. The molecule has 0 amide bonds. The van der Waals surface area contributed by atoms with E-state index < -0.39 is 0 Å². The number of likely N-dealkylation sites (N-methyl/N-ethyl adjacent to an activating group) is 1. The van der Waals surface area contributed by atoms with Crippen molar-refractivity contribution < 1.29 is 4.74 Å². The van der Waals surface area contributed by atoms with Crippen LogP contribution in [0.25, 0.3) is 10.9 Å². The summed E-state index contributed by atoms with van der Waals surface area (Å²) in [5, 5.41) is 4.43. The van der Waals surface area contributed by atoms with Gasteiger partial charge in [-0.15, -0.1) is 0 Å². The third kappa shape index (κ3) is 3.05. The number of aromatic amines is 1. The molecule has 0 fully saturated rings. The molecule has 2 rings (SSSR count). The minimum absolute atomic E-state index is 0.158. The number of rotatable bonds is 4. The number of benzene rings is 1. The largest absolute Gasteiger partial charge is 0.488 e. The Morgan fingerprint density at radius 1 is 1.28 bits per heavy atom. The Balaban J connectivity index is 2.30. The van der Waals surface area contributed by atoms with Crippen LogP contribution in [0.4, 0.5) is 0 Å². The summed E-state index contributed by atoms with van der Waals surface area (Å²) in [6.45, 7) is 7.18. The minimum atomic E-state index is -0.158. The molecule has 0 radical (unpaired) electrons. The highest BCUT2D eigenvalue weighted by molar-refractivity contribution is 5.84. The number of nitrogens with one attached hydrogen (secondary N) is 2. The second-order valence-electron chi connectivity index (χ2n) is 5.59. The maximum Gasteiger partial charge on any atom is 0.120 e. The van der Waals surface area contributed by atoms with Gasteiger partial charge in [-0.1, -0.05) is 0 Å². The standard InChI is InChI=1S/C15H22N2O/c1-15(2,3)18-12-5-6-14-13(9-12)11(10-17-14)7-8-16-4/h5-6,9-10,16-17H,7-8H2,1-4H3. The number of hydrogen-bond acceptors (Lipinski definition) is 2. The zero-order valence-electron chi connectivity index (χ0n) is 11.6. The smallest absolute Gasteiger partial charge is 0.120 e. The lowest BCUT2D eigenvalue weighted by Gasteiger charge is -2.21. The summed E-state index contributed by atoms with van der Waals surface area (Å²) in [7, 11) is 1.98. The third-order valence-electron chi connectivity index (χ3n) is 2.81. The molecule has 1 aromatic heterocycles. The highest BCUT2D eigenvalue weighted by atomic mass is 16.5. The zero-order valence-corrected chi connectivity index (χ0v) is 11.6. The fourth-order valence-corrected chi connectivity index (χ4v) is 2.04. The van der Waals surface area contributed by atoms with Crippen molar-refractivity contribution >= 4 is 10.9 Å². The van der Waals surface area contributed by atoms with Crippen LogP contribution in [0.15, 0.2) is 24.4 Å². The summed E-state index contributed by atoms with van der Waals surface area (Å²) in [6, 6.07) is 6.23. The number of aromatic nitrogens is 1. The van der Waals surface area contributed by atoms with E-state index in [9.17, 15) is 0 Å². The van der Waals surface area contributed by atoms with Gasteiger partial charge < -0.3 is 15.0 Å². The lowest BCUT2D eigenvalue weighted by atomic mass is 10.1. The molecule has 2 N–H and O–H groups in total. The maximum absolute atomic E-state index is 5.91. The van der Waals surface area contributed by atoms with E-state index in [0.29, 0.717) is 0 Å². The van der Waals surface area contributed by atoms with Crippen LogP contribution in [-0.4, -0.2) is 24.2 Å². The zero-order chi connectivity index (χ0) is 13.2. The first-order valence-corrected chi connectivity index (χ1v) is 6.43. The van der Waals surface area contributed by atoms with Crippen LogP contribution >= 0.6 is 0 Å². The van der Waals surface area contributed by atoms with Crippen LogP contribution < -0.4 is 10.1 Å². The monoisotopic (exact) mass is 246 g/mol. The van der Waals surface area contributed by atoms with Gasteiger partial charge in [-0.05, 0) is 64.5 Å². The van der Waals surface area contributed by atoms with Crippen LogP contribution in [-0.2, 0) is 6.42 Å². The van der Waals surface area contributed by atoms with Crippen molar-refractivity contribution in [3.05, 3.63) is 30.0 Å². The number of H-pyrrole nitrogens is 1. The summed E-state index contributed by atoms with van der Waals surface area (Å²) in [5.41, 5.74) is 2.34. The van der Waals surface area contributed by atoms with Gasteiger partial charge in [-0.3, -0.25) is 0 Å². The molecule has 0 bridgehead atoms. The van der Waals surface area contributed by atoms with Crippen molar-refractivity contribution in [2.24, 2.45) is 0 Å². The van der Waals surface area contributed by atoms with Crippen LogP contribution in [0.3, 0.4) is 0 Å². The highest BCUT2D eigenvalue weighted by Crippen LogP contribution is 2.26. The van der Waals surface area contributed by atoms with Gasteiger partial charge in [0.15, 0.2) is 0 Å². The average Bonchev–Trinajstić information content (AvgIpc) is 2.67. The fourth-order valence-electron chi connectivity index (χ4n) is 2.04. The van der Waals surface area contributed by atoms with Crippen molar-refractivity contribution in [2.75, 3.05) is 13.6 Å². The molecule has 0 atom stereocenters. The summed E-state index contributed by atoms with van der Waals surface area (Å²) in [4.78, 5) is 3.30. The molecule has 18 heavy (non-hydrogen) atoms. The second kappa shape index (κ2) is 5.02. The van der Waals surface area contributed by atoms with Crippen molar-refractivity contribution in [3.63, 3.8) is 0 Å². The normalized spacial score (nSPS) is 12.0. The molecule has 0 aliphatic carbocycles. The Morgan fingerprint density at radius 2 is 2.06 bits per heavy atom. The SMILES string of the molecule is CNCCc1c[nH]c2ccc(OC(C)(C)C)cc12. The van der Waals surface area contributed by atoms with Crippen LogP contribution in [0, 0.1) is 0 Å². The van der Waals surface area contributed by atoms with Gasteiger partial charge in [-0.2, -0.15) is 0 Å². The first-order valence-electron chi connectivity index (χ1n) is 6.43. The highest BCUT2D eigenvalue weighted by Gasteiger charge is 2.12. The lowest BCUT2D eigenvalue weighted by molar-refractivity contribution is 0.131. The lowest BCUT2D eigenvalue weighted by Crippen LogP contribution is -2.22. The van der Waals surface area contributed by atoms with Gasteiger partial charge in [0.2, 0.25) is 0 Å². The Morgan fingerprint density at radius 3 is 2.72 bits per heavy atom. The molecule has 1 aromatic carbocycles. The van der Waals surface area contributed by atoms with Crippen LogP contribution in [0.5, 0.6) is 5.75 Å². The summed E-state index contributed by atoms with van der Waals surface area (Å²) in [5.74, 6) is 0.931. The first kappa shape index (κ1) is 13.0. The molecule has 0 aliphatic heterocycles. The number of ether oxygens (including phenoxy) is 1. The summed E-state index contributed by atoms with van der Waals surface area (Å²) < 4.78 is 5.91. The van der Waals surface area contributed by atoms with Gasteiger partial charge in [-0.25, -0.2) is 0 Å². The fraction of sp³-hybridized carbons (Fsp3) is 0.467. The van der Waals surface area contributed by atoms with Crippen molar-refractivity contribution in [2.45, 2.75) is 32.8 Å². The molecule has 3 heteroatoms. The minimum Gasteiger partial charge on any atom is -0.488 e. The molecular formula is C15H22N2O. The molecule has 1 heterocycles. The Hall–Kier alpha value is -1.48. The van der Waals surface area contributed by atoms with Crippen LogP contribution in [0.1, 0.15) is 26.3 Å². The third-order valence-corrected chi connectivity index (χ3v) is 2.81. The Bertz CT molecular complexity index is 523. The van der Waals surface area contributed by atoms with E-state index in [-0.39, 0.29) is 5.60 Å². The molecular weight excluding hydrogens is 224 g/mol. The van der Waals surface area contributed by atoms with Crippen molar-refractivity contribution in [3.8, 4) is 5.75 Å². The Kier molecular flexibility index (Phi) is 3.62. The van der Waals surface area contributed by atoms with E-state index in [4.69, 9.17) is 4.74 Å². The molecule has 0 saturated carbocycles. The number of hydrogen-bond donors (Lipinski definition) is 2. The molecule has 0 unspecified atom stereocenters. The first-order chi connectivity index (χ1) is 8.49. The van der Waals surface area contributed by atoms with Gasteiger partial charge in [0.1, 0.15) is 11.4 Å². The van der Waals surface area contributed by atoms with Crippen molar-refractivity contribution in [1.82, 2.24) is 10.3 Å². The Labute approximate surface area is 109 Å². The topological polar surface area (TPSA) is 37.0 Å². The van der Waals surface area contributed by atoms with E-state index in [1.807, 2.05) is 13.1 Å². The second-order valence-corrected chi connectivity index (χ2v) is 5.59. The molecule has 3 nitrogen and oxygen atoms in total. The summed E-state index contributed by atoms with van der Waals surface area (Å²) in [6.07, 6.45) is 3.11. The summed E-state index contributed by atoms with van der Waals surface area (Å²) >= 11 is 0. The van der Waals surface area contributed by atoms with Gasteiger partial charge in [0, 0.05) is 17.1 Å². The van der Waals surface area contributed by atoms with E-state index in [1.54, 1.807) is 0 Å². The van der Waals surface area contributed by atoms with E-state index in [0.717, 1.165) is 18.7 Å². The van der Waals surface area contributed by atoms with E-state index >= 15 is 0 Å². The van der Waals surface area contributed by atoms with Crippen molar-refractivity contribution in [1.29, 1.82) is 0 Å². The molecule has 98 valence electrons. The van der Waals surface area contributed by atoms with Gasteiger partial charge in [0.05, 0.1) is 0 Å². The molecule has 0 saturated heterocycles. The van der Waals surface area contributed by atoms with E-state index in [2.05, 4.69) is 49.4 Å². The predicted molar refractivity (Wildman–Crippen MR) is 76.3 cm³/mol. The molecule has 0 aliphatic rings. The molecule has 0 spiro atoms. The van der Waals surface area contributed by atoms with Crippen LogP contribution in [0.2, 0.25) is 0 Å². The van der Waals surface area contributed by atoms with Gasteiger partial charge >= 0.3 is 0 Å². The quantitative estimate of drug-likeness (QED) is 0.869. The van der Waals surface area contributed by atoms with E-state index in [1.165, 1.54) is 16.5 Å². The predicted octanol–water partition coefficient (Wildman–Crippen LogP) is 3.11. The van der Waals surface area contributed by atoms with Gasteiger partial charge in [0.25, 0.3) is 0 Å². The molecule has 2 aromatic rings.